The second-order valence-corrected chi connectivity index (χ2v) is 6.89. The van der Waals surface area contributed by atoms with Gasteiger partial charge in [0.2, 0.25) is 0 Å². The first-order chi connectivity index (χ1) is 10.3. The number of hydrogen-bond donors (Lipinski definition) is 1. The van der Waals surface area contributed by atoms with Crippen LogP contribution in [0.15, 0.2) is 52.4 Å². The maximum absolute atomic E-state index is 4.41. The Balaban J connectivity index is 1.92. The van der Waals surface area contributed by atoms with Gasteiger partial charge in [-0.05, 0) is 41.1 Å². The zero-order chi connectivity index (χ0) is 14.7. The lowest BCUT2D eigenvalue weighted by atomic mass is 10.00. The molecule has 1 N–H and O–H groups in total. The smallest absolute Gasteiger partial charge is 0.0943 e. The molecule has 1 atom stereocenters. The number of rotatable bonds is 5. The van der Waals surface area contributed by atoms with E-state index in [1.165, 1.54) is 21.3 Å². The van der Waals surface area contributed by atoms with Crippen LogP contribution in [0.5, 0.6) is 0 Å². The summed E-state index contributed by atoms with van der Waals surface area (Å²) in [7, 11) is 0. The van der Waals surface area contributed by atoms with Crippen molar-refractivity contribution in [3.05, 3.63) is 63.0 Å². The van der Waals surface area contributed by atoms with Gasteiger partial charge in [-0.3, -0.25) is 0 Å². The largest absolute Gasteiger partial charge is 0.310 e. The van der Waals surface area contributed by atoms with Crippen LogP contribution in [-0.4, -0.2) is 11.5 Å². The van der Waals surface area contributed by atoms with E-state index >= 15 is 0 Å². The molecule has 0 amide bonds. The minimum Gasteiger partial charge on any atom is -0.310 e. The molecule has 1 unspecified atom stereocenters. The number of fused-ring (bicyclic) bond motifs is 1. The Kier molecular flexibility index (Phi) is 4.68. The van der Waals surface area contributed by atoms with Crippen molar-refractivity contribution in [1.82, 2.24) is 10.3 Å². The van der Waals surface area contributed by atoms with Gasteiger partial charge >= 0.3 is 0 Å². The van der Waals surface area contributed by atoms with Crippen LogP contribution in [0.4, 0.5) is 0 Å². The number of aromatic nitrogens is 1. The molecule has 108 valence electrons. The fourth-order valence-electron chi connectivity index (χ4n) is 2.53. The third-order valence-corrected chi connectivity index (χ3v) is 4.84. The molecular weight excluding hydrogens is 344 g/mol. The fourth-order valence-corrected chi connectivity index (χ4v) is 3.58. The number of nitrogens with one attached hydrogen (secondary N) is 1. The summed E-state index contributed by atoms with van der Waals surface area (Å²) in [5.74, 6) is 0. The number of benzene rings is 2. The van der Waals surface area contributed by atoms with Gasteiger partial charge in [0, 0.05) is 28.5 Å². The van der Waals surface area contributed by atoms with Gasteiger partial charge in [0.05, 0.1) is 5.01 Å². The van der Waals surface area contributed by atoms with E-state index in [1.54, 1.807) is 11.3 Å². The number of halogens is 1. The van der Waals surface area contributed by atoms with Crippen LogP contribution in [0.3, 0.4) is 0 Å². The third-order valence-electron chi connectivity index (χ3n) is 3.54. The Hall–Kier alpha value is -1.23. The van der Waals surface area contributed by atoms with Crippen molar-refractivity contribution in [2.75, 3.05) is 6.54 Å². The summed E-state index contributed by atoms with van der Waals surface area (Å²) in [4.78, 5) is 4.41. The summed E-state index contributed by atoms with van der Waals surface area (Å²) in [5, 5.41) is 9.32. The van der Waals surface area contributed by atoms with Crippen LogP contribution in [0, 0.1) is 0 Å². The first-order valence-electron chi connectivity index (χ1n) is 7.07. The van der Waals surface area contributed by atoms with Crippen LogP contribution in [0.25, 0.3) is 10.8 Å². The molecule has 2 nitrogen and oxygen atoms in total. The molecule has 0 aliphatic heterocycles. The normalized spacial score (nSPS) is 12.7. The summed E-state index contributed by atoms with van der Waals surface area (Å²) in [6.45, 7) is 3.10. The molecule has 1 heterocycles. The van der Waals surface area contributed by atoms with E-state index in [2.05, 4.69) is 69.6 Å². The summed E-state index contributed by atoms with van der Waals surface area (Å²) < 4.78 is 1.12. The van der Waals surface area contributed by atoms with Crippen molar-refractivity contribution < 1.29 is 0 Å². The molecule has 0 aliphatic carbocycles. The lowest BCUT2D eigenvalue weighted by molar-refractivity contribution is 0.549. The van der Waals surface area contributed by atoms with Gasteiger partial charge in [-0.2, -0.15) is 0 Å². The van der Waals surface area contributed by atoms with Crippen LogP contribution < -0.4 is 5.32 Å². The molecule has 0 radical (unpaired) electrons. The highest BCUT2D eigenvalue weighted by atomic mass is 79.9. The van der Waals surface area contributed by atoms with Crippen molar-refractivity contribution >= 4 is 38.0 Å². The van der Waals surface area contributed by atoms with Crippen molar-refractivity contribution in [2.45, 2.75) is 19.4 Å². The van der Waals surface area contributed by atoms with E-state index in [0.717, 1.165) is 17.4 Å². The van der Waals surface area contributed by atoms with Crippen molar-refractivity contribution in [2.24, 2.45) is 0 Å². The molecule has 0 bridgehead atoms. The summed E-state index contributed by atoms with van der Waals surface area (Å²) >= 11 is 5.25. The molecule has 3 rings (SSSR count). The van der Waals surface area contributed by atoms with E-state index in [1.807, 2.05) is 11.6 Å². The minimum atomic E-state index is 0.314. The highest BCUT2D eigenvalue weighted by molar-refractivity contribution is 9.10. The summed E-state index contributed by atoms with van der Waals surface area (Å²) in [5.41, 5.74) is 1.32. The average molecular weight is 361 g/mol. The first kappa shape index (κ1) is 14.7. The SMILES string of the molecule is CCNC(Cc1nccs1)c1ccc2cc(Br)ccc2c1. The van der Waals surface area contributed by atoms with Gasteiger partial charge in [-0.1, -0.05) is 41.1 Å². The molecule has 0 fully saturated rings. The Morgan fingerprint density at radius 1 is 1.19 bits per heavy atom. The first-order valence-corrected chi connectivity index (χ1v) is 8.74. The molecule has 0 spiro atoms. The molecule has 21 heavy (non-hydrogen) atoms. The highest BCUT2D eigenvalue weighted by Crippen LogP contribution is 2.26. The number of hydrogen-bond acceptors (Lipinski definition) is 3. The van der Waals surface area contributed by atoms with E-state index in [-0.39, 0.29) is 0 Å². The Morgan fingerprint density at radius 2 is 2.00 bits per heavy atom. The topological polar surface area (TPSA) is 24.9 Å². The predicted molar refractivity (Wildman–Crippen MR) is 93.9 cm³/mol. The van der Waals surface area contributed by atoms with E-state index in [9.17, 15) is 0 Å². The Morgan fingerprint density at radius 3 is 2.76 bits per heavy atom. The molecule has 3 aromatic rings. The van der Waals surface area contributed by atoms with Gasteiger partial charge in [0.15, 0.2) is 0 Å². The Bertz CT molecular complexity index is 725. The lowest BCUT2D eigenvalue weighted by Crippen LogP contribution is -2.22. The van der Waals surface area contributed by atoms with E-state index in [0.29, 0.717) is 6.04 Å². The van der Waals surface area contributed by atoms with Crippen LogP contribution in [0.1, 0.15) is 23.5 Å². The monoisotopic (exact) mass is 360 g/mol. The standard InChI is InChI=1S/C17H17BrN2S/c1-2-19-16(11-17-20-7-8-21-17)14-4-3-13-10-15(18)6-5-12(13)9-14/h3-10,16,19H,2,11H2,1H3. The maximum Gasteiger partial charge on any atom is 0.0943 e. The quantitative estimate of drug-likeness (QED) is 0.695. The number of thiazole rings is 1. The van der Waals surface area contributed by atoms with E-state index < -0.39 is 0 Å². The fraction of sp³-hybridized carbons (Fsp3) is 0.235. The van der Waals surface area contributed by atoms with Gasteiger partial charge in [-0.15, -0.1) is 11.3 Å². The van der Waals surface area contributed by atoms with Crippen molar-refractivity contribution in [3.8, 4) is 0 Å². The average Bonchev–Trinajstić information content (AvgIpc) is 2.99. The molecule has 1 aromatic heterocycles. The van der Waals surface area contributed by atoms with Crippen LogP contribution in [0.2, 0.25) is 0 Å². The molecular formula is C17H17BrN2S. The second-order valence-electron chi connectivity index (χ2n) is 4.99. The van der Waals surface area contributed by atoms with Gasteiger partial charge < -0.3 is 5.32 Å². The van der Waals surface area contributed by atoms with Gasteiger partial charge in [0.25, 0.3) is 0 Å². The predicted octanol–water partition coefficient (Wildman–Crippen LogP) is 4.95. The lowest BCUT2D eigenvalue weighted by Gasteiger charge is -2.18. The second kappa shape index (κ2) is 6.69. The zero-order valence-corrected chi connectivity index (χ0v) is 14.2. The Labute approximate surface area is 137 Å². The highest BCUT2D eigenvalue weighted by Gasteiger charge is 2.13. The molecule has 4 heteroatoms. The van der Waals surface area contributed by atoms with E-state index in [4.69, 9.17) is 0 Å². The number of likely N-dealkylation sites (N-methyl/N-ethyl adjacent to an activating group) is 1. The summed E-state index contributed by atoms with van der Waals surface area (Å²) in [6, 6.07) is 13.4. The molecule has 2 aromatic carbocycles. The third kappa shape index (κ3) is 3.51. The zero-order valence-electron chi connectivity index (χ0n) is 11.8. The molecule has 0 aliphatic rings. The summed E-state index contributed by atoms with van der Waals surface area (Å²) in [6.07, 6.45) is 2.81. The van der Waals surface area contributed by atoms with Crippen LogP contribution in [-0.2, 0) is 6.42 Å². The maximum atomic E-state index is 4.41. The minimum absolute atomic E-state index is 0.314. The number of nitrogens with zero attached hydrogens (tertiary/aromatic N) is 1. The molecule has 0 saturated heterocycles. The van der Waals surface area contributed by atoms with Gasteiger partial charge in [-0.25, -0.2) is 4.98 Å². The van der Waals surface area contributed by atoms with Crippen LogP contribution >= 0.6 is 27.3 Å². The molecule has 0 saturated carbocycles. The van der Waals surface area contributed by atoms with Gasteiger partial charge in [0.1, 0.15) is 0 Å². The van der Waals surface area contributed by atoms with Crippen molar-refractivity contribution in [3.63, 3.8) is 0 Å². The van der Waals surface area contributed by atoms with Crippen molar-refractivity contribution in [1.29, 1.82) is 0 Å².